The summed E-state index contributed by atoms with van der Waals surface area (Å²) in [5.74, 6) is 0.973. The van der Waals surface area contributed by atoms with Gasteiger partial charge in [-0.25, -0.2) is 4.98 Å². The first-order valence-corrected chi connectivity index (χ1v) is 6.50. The summed E-state index contributed by atoms with van der Waals surface area (Å²) in [4.78, 5) is 5.46. The van der Waals surface area contributed by atoms with Crippen LogP contribution in [0, 0.1) is 10.7 Å². The van der Waals surface area contributed by atoms with Crippen LogP contribution in [0.3, 0.4) is 0 Å². The van der Waals surface area contributed by atoms with E-state index in [0.717, 1.165) is 27.6 Å². The summed E-state index contributed by atoms with van der Waals surface area (Å²) in [5.41, 5.74) is 0. The van der Waals surface area contributed by atoms with Gasteiger partial charge in [0, 0.05) is 17.6 Å². The number of aromatic nitrogens is 1. The van der Waals surface area contributed by atoms with E-state index < -0.39 is 0 Å². The van der Waals surface area contributed by atoms with Crippen molar-refractivity contribution in [1.82, 2.24) is 10.3 Å². The van der Waals surface area contributed by atoms with Crippen LogP contribution < -0.4 is 5.32 Å². The van der Waals surface area contributed by atoms with E-state index in [9.17, 15) is 0 Å². The molecular weight excluding hydrogens is 323 g/mol. The van der Waals surface area contributed by atoms with Crippen LogP contribution in [0.2, 0.25) is 0 Å². The number of rotatable bonds is 4. The highest BCUT2D eigenvalue weighted by Gasteiger charge is 2.00. The van der Waals surface area contributed by atoms with Crippen molar-refractivity contribution in [1.29, 1.82) is 0 Å². The molecule has 0 aliphatic heterocycles. The van der Waals surface area contributed by atoms with Crippen molar-refractivity contribution in [2.45, 2.75) is 20.0 Å². The molecule has 0 atom stereocenters. The zero-order valence-corrected chi connectivity index (χ0v) is 11.3. The number of nitrogens with one attached hydrogen (secondary N) is 1. The van der Waals surface area contributed by atoms with Gasteiger partial charge in [-0.15, -0.1) is 11.3 Å². The van der Waals surface area contributed by atoms with E-state index in [0.29, 0.717) is 0 Å². The summed E-state index contributed by atoms with van der Waals surface area (Å²) < 4.78 is 6.37. The lowest BCUT2D eigenvalue weighted by Gasteiger charge is -1.98. The number of furan rings is 1. The predicted octanol–water partition coefficient (Wildman–Crippen LogP) is 2.94. The molecule has 0 unspecified atom stereocenters. The largest absolute Gasteiger partial charge is 0.454 e. The van der Waals surface area contributed by atoms with Gasteiger partial charge in [-0.2, -0.15) is 0 Å². The van der Waals surface area contributed by atoms with Crippen molar-refractivity contribution in [2.24, 2.45) is 0 Å². The number of hydrogen-bond donors (Lipinski definition) is 1. The number of halogens is 1. The van der Waals surface area contributed by atoms with Gasteiger partial charge in [0.05, 0.1) is 11.6 Å². The van der Waals surface area contributed by atoms with Crippen LogP contribution in [0.5, 0.6) is 0 Å². The summed E-state index contributed by atoms with van der Waals surface area (Å²) >= 11 is 3.89. The van der Waals surface area contributed by atoms with Crippen molar-refractivity contribution in [3.8, 4) is 0 Å². The van der Waals surface area contributed by atoms with E-state index in [4.69, 9.17) is 4.42 Å². The Balaban J connectivity index is 1.80. The molecule has 0 bridgehead atoms. The molecule has 0 aliphatic carbocycles. The Morgan fingerprint density at radius 1 is 1.47 bits per heavy atom. The minimum Gasteiger partial charge on any atom is -0.454 e. The summed E-state index contributed by atoms with van der Waals surface area (Å²) in [6, 6.07) is 3.96. The van der Waals surface area contributed by atoms with Gasteiger partial charge in [0.1, 0.15) is 5.76 Å². The first-order chi connectivity index (χ1) is 7.24. The molecule has 0 aromatic carbocycles. The Morgan fingerprint density at radius 3 is 2.93 bits per heavy atom. The first kappa shape index (κ1) is 11.1. The predicted molar refractivity (Wildman–Crippen MR) is 68.8 cm³/mol. The molecule has 0 saturated heterocycles. The molecule has 2 aromatic heterocycles. The van der Waals surface area contributed by atoms with Gasteiger partial charge in [0.2, 0.25) is 0 Å². The zero-order valence-electron chi connectivity index (χ0n) is 8.29. The van der Waals surface area contributed by atoms with E-state index in [2.05, 4.69) is 32.9 Å². The van der Waals surface area contributed by atoms with Gasteiger partial charge < -0.3 is 9.73 Å². The zero-order chi connectivity index (χ0) is 10.7. The third kappa shape index (κ3) is 3.29. The average Bonchev–Trinajstić information content (AvgIpc) is 2.76. The average molecular weight is 334 g/mol. The Kier molecular flexibility index (Phi) is 3.76. The van der Waals surface area contributed by atoms with Crippen LogP contribution in [0.1, 0.15) is 15.6 Å². The second kappa shape index (κ2) is 5.09. The third-order valence-electron chi connectivity index (χ3n) is 1.90. The van der Waals surface area contributed by atoms with E-state index in [-0.39, 0.29) is 0 Å². The molecule has 2 aromatic rings. The molecule has 5 heteroatoms. The fourth-order valence-corrected chi connectivity index (χ4v) is 2.47. The number of nitrogens with zero attached hydrogens (tertiary/aromatic N) is 1. The highest BCUT2D eigenvalue weighted by molar-refractivity contribution is 14.1. The van der Waals surface area contributed by atoms with Gasteiger partial charge in [-0.3, -0.25) is 0 Å². The van der Waals surface area contributed by atoms with Crippen molar-refractivity contribution in [2.75, 3.05) is 0 Å². The molecule has 0 radical (unpaired) electrons. The standard InChI is InChI=1S/C10H11IN2OS/c1-7-13-6-9(15-7)5-12-4-8-2-3-10(11)14-8/h2-3,6,12H,4-5H2,1H3. The van der Waals surface area contributed by atoms with Gasteiger partial charge in [-0.05, 0) is 41.6 Å². The topological polar surface area (TPSA) is 38.1 Å². The summed E-state index contributed by atoms with van der Waals surface area (Å²) in [6.07, 6.45) is 1.92. The van der Waals surface area contributed by atoms with Crippen molar-refractivity contribution >= 4 is 33.9 Å². The summed E-state index contributed by atoms with van der Waals surface area (Å²) in [5, 5.41) is 4.43. The van der Waals surface area contributed by atoms with Crippen molar-refractivity contribution < 1.29 is 4.42 Å². The lowest BCUT2D eigenvalue weighted by atomic mass is 10.4. The molecule has 2 rings (SSSR count). The van der Waals surface area contributed by atoms with Gasteiger partial charge in [-0.1, -0.05) is 0 Å². The lowest BCUT2D eigenvalue weighted by Crippen LogP contribution is -2.10. The molecule has 0 saturated carbocycles. The van der Waals surface area contributed by atoms with Crippen LogP contribution in [0.4, 0.5) is 0 Å². The van der Waals surface area contributed by atoms with E-state index in [1.165, 1.54) is 4.88 Å². The summed E-state index contributed by atoms with van der Waals surface area (Å²) in [7, 11) is 0. The van der Waals surface area contributed by atoms with Crippen LogP contribution in [-0.4, -0.2) is 4.98 Å². The quantitative estimate of drug-likeness (QED) is 0.874. The molecule has 0 aliphatic rings. The molecule has 15 heavy (non-hydrogen) atoms. The Bertz CT molecular complexity index is 398. The van der Waals surface area contributed by atoms with E-state index in [1.807, 2.05) is 25.3 Å². The Hall–Kier alpha value is -0.400. The third-order valence-corrected chi connectivity index (χ3v) is 3.39. The second-order valence-corrected chi connectivity index (χ2v) is 5.54. The molecule has 80 valence electrons. The fourth-order valence-electron chi connectivity index (χ4n) is 1.24. The Labute approximate surface area is 106 Å². The maximum atomic E-state index is 5.44. The number of aryl methyl sites for hydroxylation is 1. The summed E-state index contributed by atoms with van der Waals surface area (Å²) in [6.45, 7) is 3.63. The molecule has 0 amide bonds. The monoisotopic (exact) mass is 334 g/mol. The molecular formula is C10H11IN2OS. The smallest absolute Gasteiger partial charge is 0.164 e. The van der Waals surface area contributed by atoms with Gasteiger partial charge >= 0.3 is 0 Å². The van der Waals surface area contributed by atoms with Crippen LogP contribution in [0.25, 0.3) is 0 Å². The van der Waals surface area contributed by atoms with E-state index >= 15 is 0 Å². The molecule has 3 nitrogen and oxygen atoms in total. The van der Waals surface area contributed by atoms with Crippen LogP contribution in [-0.2, 0) is 13.1 Å². The number of thiazole rings is 1. The maximum absolute atomic E-state index is 5.44. The SMILES string of the molecule is Cc1ncc(CNCc2ccc(I)o2)s1. The maximum Gasteiger partial charge on any atom is 0.164 e. The van der Waals surface area contributed by atoms with Crippen molar-refractivity contribution in [3.63, 3.8) is 0 Å². The molecule has 1 N–H and O–H groups in total. The fraction of sp³-hybridized carbons (Fsp3) is 0.300. The Morgan fingerprint density at radius 2 is 2.33 bits per heavy atom. The van der Waals surface area contributed by atoms with Crippen molar-refractivity contribution in [3.05, 3.63) is 37.7 Å². The first-order valence-electron chi connectivity index (χ1n) is 4.60. The van der Waals surface area contributed by atoms with E-state index in [1.54, 1.807) is 11.3 Å². The molecule has 0 fully saturated rings. The minimum absolute atomic E-state index is 0.764. The highest BCUT2D eigenvalue weighted by atomic mass is 127. The van der Waals surface area contributed by atoms with Crippen LogP contribution >= 0.6 is 33.9 Å². The molecule has 0 spiro atoms. The lowest BCUT2D eigenvalue weighted by molar-refractivity contribution is 0.463. The molecule has 2 heterocycles. The second-order valence-electron chi connectivity index (χ2n) is 3.15. The normalized spacial score (nSPS) is 10.8. The van der Waals surface area contributed by atoms with Gasteiger partial charge in [0.25, 0.3) is 0 Å². The number of hydrogen-bond acceptors (Lipinski definition) is 4. The minimum atomic E-state index is 0.764. The highest BCUT2D eigenvalue weighted by Crippen LogP contribution is 2.12. The van der Waals surface area contributed by atoms with Crippen LogP contribution in [0.15, 0.2) is 22.7 Å². The van der Waals surface area contributed by atoms with Gasteiger partial charge in [0.15, 0.2) is 3.77 Å².